The second-order valence-electron chi connectivity index (χ2n) is 4.02. The van der Waals surface area contributed by atoms with E-state index in [4.69, 9.17) is 10.4 Å². The predicted molar refractivity (Wildman–Crippen MR) is 38.7 cm³/mol. The molecule has 0 aromatic heterocycles. The van der Waals surface area contributed by atoms with Crippen LogP contribution < -0.4 is 0 Å². The first-order chi connectivity index (χ1) is 4.92. The molecule has 0 saturated heterocycles. The Morgan fingerprint density at radius 1 is 1.55 bits per heavy atom. The molecule has 0 unspecified atom stereocenters. The summed E-state index contributed by atoms with van der Waals surface area (Å²) in [6.07, 6.45) is 0.956. The van der Waals surface area contributed by atoms with Crippen molar-refractivity contribution in [1.29, 1.82) is 5.26 Å². The number of nitriles is 1. The predicted octanol–water partition coefficient (Wildman–Crippen LogP) is 1.40. The molecular weight excluding hydrogens is 142 g/mol. The molecule has 1 fully saturated rings. The molecule has 0 atom stereocenters. The molecule has 3 nitrogen and oxygen atoms in total. The van der Waals surface area contributed by atoms with Gasteiger partial charge in [-0.2, -0.15) is 5.26 Å². The summed E-state index contributed by atoms with van der Waals surface area (Å²) >= 11 is 0. The summed E-state index contributed by atoms with van der Waals surface area (Å²) < 4.78 is 0. The molecule has 0 bridgehead atoms. The van der Waals surface area contributed by atoms with Gasteiger partial charge in [0.25, 0.3) is 0 Å². The molecule has 1 aliphatic carbocycles. The lowest BCUT2D eigenvalue weighted by Gasteiger charge is -2.45. The van der Waals surface area contributed by atoms with Gasteiger partial charge in [0.1, 0.15) is 0 Å². The van der Waals surface area contributed by atoms with Crippen LogP contribution >= 0.6 is 0 Å². The van der Waals surface area contributed by atoms with Crippen LogP contribution in [0.5, 0.6) is 0 Å². The van der Waals surface area contributed by atoms with Crippen LogP contribution in [-0.4, -0.2) is 11.1 Å². The van der Waals surface area contributed by atoms with Gasteiger partial charge in [0.2, 0.25) is 0 Å². The second kappa shape index (κ2) is 1.97. The highest BCUT2D eigenvalue weighted by Gasteiger charge is 2.55. The Kier molecular flexibility index (Phi) is 1.45. The highest BCUT2D eigenvalue weighted by Crippen LogP contribution is 2.53. The lowest BCUT2D eigenvalue weighted by molar-refractivity contribution is -0.156. The van der Waals surface area contributed by atoms with Crippen molar-refractivity contribution in [2.24, 2.45) is 10.8 Å². The maximum absolute atomic E-state index is 10.6. The van der Waals surface area contributed by atoms with Crippen molar-refractivity contribution in [3.63, 3.8) is 0 Å². The quantitative estimate of drug-likeness (QED) is 0.619. The maximum Gasteiger partial charge on any atom is 0.324 e. The summed E-state index contributed by atoms with van der Waals surface area (Å²) in [6, 6.07) is 1.87. The normalized spacial score (nSPS) is 24.8. The standard InChI is InChI=1S/C8H11NO2/c1-7(2)3-8(4-7,5-9)6(10)11/h3-4H2,1-2H3,(H,10,11). The first kappa shape index (κ1) is 8.06. The Morgan fingerprint density at radius 3 is 2.09 bits per heavy atom. The van der Waals surface area contributed by atoms with Crippen molar-refractivity contribution in [3.05, 3.63) is 0 Å². The van der Waals surface area contributed by atoms with Crippen LogP contribution in [0, 0.1) is 22.2 Å². The molecule has 1 aliphatic rings. The van der Waals surface area contributed by atoms with Gasteiger partial charge in [-0.1, -0.05) is 13.8 Å². The summed E-state index contributed by atoms with van der Waals surface area (Å²) in [5, 5.41) is 17.3. The Hall–Kier alpha value is -1.04. The molecule has 3 heteroatoms. The topological polar surface area (TPSA) is 61.1 Å². The highest BCUT2D eigenvalue weighted by atomic mass is 16.4. The number of carboxylic acid groups (broad SMARTS) is 1. The largest absolute Gasteiger partial charge is 0.480 e. The van der Waals surface area contributed by atoms with E-state index in [2.05, 4.69) is 0 Å². The number of hydrogen-bond acceptors (Lipinski definition) is 2. The fourth-order valence-corrected chi connectivity index (χ4v) is 1.86. The van der Waals surface area contributed by atoms with Gasteiger partial charge in [0, 0.05) is 0 Å². The van der Waals surface area contributed by atoms with Crippen LogP contribution in [0.2, 0.25) is 0 Å². The van der Waals surface area contributed by atoms with Crippen LogP contribution in [0.3, 0.4) is 0 Å². The lowest BCUT2D eigenvalue weighted by atomic mass is 9.55. The molecular formula is C8H11NO2. The van der Waals surface area contributed by atoms with Crippen molar-refractivity contribution in [2.75, 3.05) is 0 Å². The van der Waals surface area contributed by atoms with E-state index in [1.165, 1.54) is 0 Å². The second-order valence-corrected chi connectivity index (χ2v) is 4.02. The van der Waals surface area contributed by atoms with Crippen LogP contribution in [0.1, 0.15) is 26.7 Å². The Morgan fingerprint density at radius 2 is 2.00 bits per heavy atom. The minimum Gasteiger partial charge on any atom is -0.480 e. The fourth-order valence-electron chi connectivity index (χ4n) is 1.86. The van der Waals surface area contributed by atoms with Crippen molar-refractivity contribution < 1.29 is 9.90 Å². The van der Waals surface area contributed by atoms with Gasteiger partial charge in [-0.3, -0.25) is 4.79 Å². The number of carboxylic acids is 1. The Balaban J connectivity index is 2.75. The van der Waals surface area contributed by atoms with E-state index in [9.17, 15) is 4.79 Å². The van der Waals surface area contributed by atoms with E-state index in [1.54, 1.807) is 0 Å². The van der Waals surface area contributed by atoms with Gasteiger partial charge >= 0.3 is 5.97 Å². The monoisotopic (exact) mass is 153 g/mol. The first-order valence-electron chi connectivity index (χ1n) is 3.57. The molecule has 11 heavy (non-hydrogen) atoms. The number of carbonyl (C=O) groups is 1. The molecule has 60 valence electrons. The summed E-state index contributed by atoms with van der Waals surface area (Å²) in [5.74, 6) is -0.973. The van der Waals surface area contributed by atoms with Gasteiger partial charge < -0.3 is 5.11 Å². The molecule has 1 rings (SSSR count). The van der Waals surface area contributed by atoms with Crippen LogP contribution in [0.15, 0.2) is 0 Å². The number of hydrogen-bond donors (Lipinski definition) is 1. The SMILES string of the molecule is CC1(C)CC(C#N)(C(=O)O)C1. The molecule has 0 amide bonds. The van der Waals surface area contributed by atoms with Crippen molar-refractivity contribution in [3.8, 4) is 6.07 Å². The van der Waals surface area contributed by atoms with Gasteiger partial charge in [0.05, 0.1) is 6.07 Å². The molecule has 1 N–H and O–H groups in total. The fraction of sp³-hybridized carbons (Fsp3) is 0.750. The van der Waals surface area contributed by atoms with Crippen molar-refractivity contribution in [2.45, 2.75) is 26.7 Å². The highest BCUT2D eigenvalue weighted by molar-refractivity contribution is 5.79. The first-order valence-corrected chi connectivity index (χ1v) is 3.57. The van der Waals surface area contributed by atoms with Crippen LogP contribution in [0.25, 0.3) is 0 Å². The zero-order chi connectivity index (χ0) is 8.70. The minimum absolute atomic E-state index is 0.0358. The Bertz CT molecular complexity index is 229. The van der Waals surface area contributed by atoms with Crippen LogP contribution in [0.4, 0.5) is 0 Å². The summed E-state index contributed by atoms with van der Waals surface area (Å²) in [4.78, 5) is 10.6. The third kappa shape index (κ3) is 1.09. The zero-order valence-corrected chi connectivity index (χ0v) is 6.72. The van der Waals surface area contributed by atoms with E-state index in [1.807, 2.05) is 19.9 Å². The third-order valence-electron chi connectivity index (χ3n) is 2.18. The number of rotatable bonds is 1. The van der Waals surface area contributed by atoms with E-state index < -0.39 is 11.4 Å². The average Bonchev–Trinajstić information content (AvgIpc) is 1.81. The Labute approximate surface area is 65.6 Å². The van der Waals surface area contributed by atoms with E-state index in [-0.39, 0.29) is 5.41 Å². The molecule has 0 aromatic carbocycles. The van der Waals surface area contributed by atoms with Crippen LogP contribution in [-0.2, 0) is 4.79 Å². The van der Waals surface area contributed by atoms with Gasteiger partial charge in [0.15, 0.2) is 5.41 Å². The van der Waals surface area contributed by atoms with E-state index in [0.29, 0.717) is 12.8 Å². The van der Waals surface area contributed by atoms with Gasteiger partial charge in [-0.05, 0) is 18.3 Å². The van der Waals surface area contributed by atoms with Crippen molar-refractivity contribution in [1.82, 2.24) is 0 Å². The van der Waals surface area contributed by atoms with E-state index in [0.717, 1.165) is 0 Å². The number of aliphatic carboxylic acids is 1. The molecule has 0 heterocycles. The molecule has 1 saturated carbocycles. The molecule has 0 aromatic rings. The van der Waals surface area contributed by atoms with E-state index >= 15 is 0 Å². The van der Waals surface area contributed by atoms with Gasteiger partial charge in [-0.25, -0.2) is 0 Å². The molecule has 0 aliphatic heterocycles. The molecule has 0 spiro atoms. The summed E-state index contributed by atoms with van der Waals surface area (Å²) in [7, 11) is 0. The smallest absolute Gasteiger partial charge is 0.324 e. The van der Waals surface area contributed by atoms with Crippen molar-refractivity contribution >= 4 is 5.97 Å². The average molecular weight is 153 g/mol. The number of nitrogens with zero attached hydrogens (tertiary/aromatic N) is 1. The minimum atomic E-state index is -1.08. The van der Waals surface area contributed by atoms with Gasteiger partial charge in [-0.15, -0.1) is 0 Å². The summed E-state index contributed by atoms with van der Waals surface area (Å²) in [5.41, 5.74) is -1.04. The lowest BCUT2D eigenvalue weighted by Crippen LogP contribution is -2.47. The molecule has 0 radical (unpaired) electrons. The summed E-state index contributed by atoms with van der Waals surface area (Å²) in [6.45, 7) is 3.96. The zero-order valence-electron chi connectivity index (χ0n) is 6.72. The third-order valence-corrected chi connectivity index (χ3v) is 2.18. The maximum atomic E-state index is 10.6.